The van der Waals surface area contributed by atoms with Crippen LogP contribution in [0.2, 0.25) is 0 Å². The monoisotopic (exact) mass is 409 g/mol. The zero-order valence-corrected chi connectivity index (χ0v) is 17.5. The number of benzene rings is 2. The molecule has 4 heteroatoms. The maximum atomic E-state index is 13.4. The number of hydrogen-bond donors (Lipinski definition) is 0. The van der Waals surface area contributed by atoms with E-state index in [4.69, 9.17) is 4.74 Å². The fourth-order valence-electron chi connectivity index (χ4n) is 4.04. The summed E-state index contributed by atoms with van der Waals surface area (Å²) in [6, 6.07) is 19.4. The van der Waals surface area contributed by atoms with E-state index < -0.39 is 0 Å². The van der Waals surface area contributed by atoms with Crippen molar-refractivity contribution in [1.82, 2.24) is 4.90 Å². The number of halogens is 1. The summed E-state index contributed by atoms with van der Waals surface area (Å²) in [7, 11) is 0. The molecule has 0 radical (unpaired) electrons. The number of hydrogen-bond acceptors (Lipinski definition) is 3. The summed E-state index contributed by atoms with van der Waals surface area (Å²) in [4.78, 5) is 3.77. The van der Waals surface area contributed by atoms with Crippen LogP contribution in [0.15, 0.2) is 66.0 Å². The van der Waals surface area contributed by atoms with Gasteiger partial charge in [0.05, 0.1) is 0 Å². The second-order valence-electron chi connectivity index (χ2n) is 7.67. The molecule has 1 atom stereocenters. The Morgan fingerprint density at radius 3 is 2.14 bits per heavy atom. The van der Waals surface area contributed by atoms with Crippen molar-refractivity contribution in [3.8, 4) is 5.75 Å². The summed E-state index contributed by atoms with van der Waals surface area (Å²) in [6.07, 6.45) is 5.33. The SMILES string of the molecule is Fc1ccc([C@H](c2ccc(OCCN3CCCCCC3)cc2)c2cccs2)cc1. The summed E-state index contributed by atoms with van der Waals surface area (Å²) in [5.41, 5.74) is 2.29. The van der Waals surface area contributed by atoms with Crippen LogP contribution in [0.1, 0.15) is 47.6 Å². The van der Waals surface area contributed by atoms with Crippen LogP contribution in [0.5, 0.6) is 5.75 Å². The lowest BCUT2D eigenvalue weighted by Gasteiger charge is -2.20. The molecule has 2 nitrogen and oxygen atoms in total. The van der Waals surface area contributed by atoms with Gasteiger partial charge in [0.1, 0.15) is 18.2 Å². The van der Waals surface area contributed by atoms with Crippen LogP contribution in [0.3, 0.4) is 0 Å². The standard InChI is InChI=1S/C25H28FNOS/c26-22-11-7-20(8-12-22)25(24-6-5-19-29-24)21-9-13-23(14-10-21)28-18-17-27-15-3-1-2-4-16-27/h5-14,19,25H,1-4,15-18H2/t25-/m1/s1. The molecule has 0 aliphatic carbocycles. The van der Waals surface area contributed by atoms with Gasteiger partial charge >= 0.3 is 0 Å². The molecule has 3 aromatic rings. The Morgan fingerprint density at radius 2 is 1.52 bits per heavy atom. The van der Waals surface area contributed by atoms with Gasteiger partial charge in [-0.2, -0.15) is 0 Å². The first-order valence-corrected chi connectivity index (χ1v) is 11.4. The largest absolute Gasteiger partial charge is 0.492 e. The van der Waals surface area contributed by atoms with Gasteiger partial charge in [-0.3, -0.25) is 4.90 Å². The quantitative estimate of drug-likeness (QED) is 0.453. The Labute approximate surface area is 177 Å². The Balaban J connectivity index is 1.42. The van der Waals surface area contributed by atoms with E-state index >= 15 is 0 Å². The first-order chi connectivity index (χ1) is 14.3. The first kappa shape index (κ1) is 20.1. The van der Waals surface area contributed by atoms with Gasteiger partial charge in [0.2, 0.25) is 0 Å². The molecule has 1 fully saturated rings. The van der Waals surface area contributed by atoms with E-state index in [9.17, 15) is 4.39 Å². The Bertz CT molecular complexity index is 853. The molecule has 0 amide bonds. The molecule has 0 bridgehead atoms. The third kappa shape index (κ3) is 5.46. The summed E-state index contributed by atoms with van der Waals surface area (Å²) in [5, 5.41) is 2.09. The van der Waals surface area contributed by atoms with Gasteiger partial charge in [-0.1, -0.05) is 43.2 Å². The van der Waals surface area contributed by atoms with Gasteiger partial charge in [0.15, 0.2) is 0 Å². The highest BCUT2D eigenvalue weighted by Gasteiger charge is 2.18. The van der Waals surface area contributed by atoms with E-state index in [2.05, 4.69) is 46.7 Å². The lowest BCUT2D eigenvalue weighted by atomic mass is 9.90. The lowest BCUT2D eigenvalue weighted by Crippen LogP contribution is -2.29. The van der Waals surface area contributed by atoms with Crippen molar-refractivity contribution in [1.29, 1.82) is 0 Å². The van der Waals surface area contributed by atoms with Gasteiger partial charge in [-0.15, -0.1) is 11.3 Å². The fraction of sp³-hybridized carbons (Fsp3) is 0.360. The molecule has 0 spiro atoms. The number of ether oxygens (including phenoxy) is 1. The zero-order chi connectivity index (χ0) is 19.9. The fourth-order valence-corrected chi connectivity index (χ4v) is 4.92. The molecule has 1 aliphatic rings. The first-order valence-electron chi connectivity index (χ1n) is 10.5. The van der Waals surface area contributed by atoms with Crippen molar-refractivity contribution < 1.29 is 9.13 Å². The molecule has 1 aliphatic heterocycles. The molecule has 4 rings (SSSR count). The average Bonchev–Trinajstić information content (AvgIpc) is 3.14. The van der Waals surface area contributed by atoms with E-state index in [-0.39, 0.29) is 11.7 Å². The lowest BCUT2D eigenvalue weighted by molar-refractivity contribution is 0.214. The zero-order valence-electron chi connectivity index (χ0n) is 16.7. The van der Waals surface area contributed by atoms with E-state index in [1.54, 1.807) is 11.3 Å². The van der Waals surface area contributed by atoms with Crippen molar-refractivity contribution in [3.63, 3.8) is 0 Å². The maximum absolute atomic E-state index is 13.4. The molecule has 152 valence electrons. The molecule has 2 heterocycles. The third-order valence-corrected chi connectivity index (χ3v) is 6.56. The Kier molecular flexibility index (Phi) is 6.96. The molecule has 2 aromatic carbocycles. The van der Waals surface area contributed by atoms with E-state index in [1.165, 1.54) is 61.3 Å². The molecule has 0 unspecified atom stereocenters. The topological polar surface area (TPSA) is 12.5 Å². The molecular weight excluding hydrogens is 381 g/mol. The predicted octanol–water partition coefficient (Wildman–Crippen LogP) is 6.32. The van der Waals surface area contributed by atoms with Gasteiger partial charge in [-0.05, 0) is 72.8 Å². The van der Waals surface area contributed by atoms with Gasteiger partial charge in [0, 0.05) is 17.3 Å². The minimum atomic E-state index is -0.202. The minimum absolute atomic E-state index is 0.113. The third-order valence-electron chi connectivity index (χ3n) is 5.62. The van der Waals surface area contributed by atoms with E-state index in [0.29, 0.717) is 0 Å². The highest BCUT2D eigenvalue weighted by atomic mass is 32.1. The highest BCUT2D eigenvalue weighted by Crippen LogP contribution is 2.35. The Morgan fingerprint density at radius 1 is 0.862 bits per heavy atom. The van der Waals surface area contributed by atoms with Gasteiger partial charge < -0.3 is 4.74 Å². The number of nitrogens with zero attached hydrogens (tertiary/aromatic N) is 1. The summed E-state index contributed by atoms with van der Waals surface area (Å²) in [6.45, 7) is 4.12. The van der Waals surface area contributed by atoms with Crippen LogP contribution in [0, 0.1) is 5.82 Å². The van der Waals surface area contributed by atoms with Gasteiger partial charge in [0.25, 0.3) is 0 Å². The van der Waals surface area contributed by atoms with Crippen molar-refractivity contribution in [2.45, 2.75) is 31.6 Å². The van der Waals surface area contributed by atoms with Gasteiger partial charge in [-0.25, -0.2) is 4.39 Å². The highest BCUT2D eigenvalue weighted by molar-refractivity contribution is 7.10. The smallest absolute Gasteiger partial charge is 0.123 e. The number of rotatable bonds is 7. The molecule has 0 saturated carbocycles. The van der Waals surface area contributed by atoms with Crippen molar-refractivity contribution in [2.75, 3.05) is 26.2 Å². The van der Waals surface area contributed by atoms with Crippen LogP contribution < -0.4 is 4.74 Å². The van der Waals surface area contributed by atoms with E-state index in [0.717, 1.165) is 24.5 Å². The second-order valence-corrected chi connectivity index (χ2v) is 8.65. The van der Waals surface area contributed by atoms with E-state index in [1.807, 2.05) is 12.1 Å². The number of likely N-dealkylation sites (tertiary alicyclic amines) is 1. The average molecular weight is 410 g/mol. The normalized spacial score (nSPS) is 16.3. The minimum Gasteiger partial charge on any atom is -0.492 e. The van der Waals surface area contributed by atoms with Crippen LogP contribution >= 0.6 is 11.3 Å². The molecule has 1 aromatic heterocycles. The summed E-state index contributed by atoms with van der Waals surface area (Å²) in [5.74, 6) is 0.821. The summed E-state index contributed by atoms with van der Waals surface area (Å²) >= 11 is 1.73. The van der Waals surface area contributed by atoms with Crippen LogP contribution in [0.4, 0.5) is 4.39 Å². The van der Waals surface area contributed by atoms with Crippen LogP contribution in [0.25, 0.3) is 0 Å². The predicted molar refractivity (Wildman–Crippen MR) is 119 cm³/mol. The van der Waals surface area contributed by atoms with Crippen LogP contribution in [-0.4, -0.2) is 31.1 Å². The molecule has 29 heavy (non-hydrogen) atoms. The second kappa shape index (κ2) is 10.0. The van der Waals surface area contributed by atoms with Crippen molar-refractivity contribution in [3.05, 3.63) is 87.9 Å². The van der Waals surface area contributed by atoms with Crippen LogP contribution in [-0.2, 0) is 0 Å². The Hall–Kier alpha value is -2.17. The molecule has 0 N–H and O–H groups in total. The van der Waals surface area contributed by atoms with Crippen molar-refractivity contribution >= 4 is 11.3 Å². The maximum Gasteiger partial charge on any atom is 0.123 e. The summed E-state index contributed by atoms with van der Waals surface area (Å²) < 4.78 is 19.4. The number of thiophene rings is 1. The van der Waals surface area contributed by atoms with Crippen molar-refractivity contribution in [2.24, 2.45) is 0 Å². The molecular formula is C25H28FNOS. The molecule has 1 saturated heterocycles.